The van der Waals surface area contributed by atoms with Gasteiger partial charge in [-0.2, -0.15) is 0 Å². The van der Waals surface area contributed by atoms with Crippen molar-refractivity contribution in [2.45, 2.75) is 45.7 Å². The molecule has 0 aromatic carbocycles. The highest BCUT2D eigenvalue weighted by atomic mass is 32.1. The molecular formula is C14H22N4S. The molecule has 19 heavy (non-hydrogen) atoms. The van der Waals surface area contributed by atoms with Gasteiger partial charge in [0.25, 0.3) is 0 Å². The molecule has 2 aromatic heterocycles. The number of fused-ring (bicyclic) bond motifs is 1. The van der Waals surface area contributed by atoms with E-state index in [2.05, 4.69) is 41.6 Å². The Balaban J connectivity index is 2.04. The molecule has 0 spiro atoms. The quantitative estimate of drug-likeness (QED) is 0.938. The summed E-state index contributed by atoms with van der Waals surface area (Å²) in [6, 6.07) is 0.736. The largest absolute Gasteiger partial charge is 0.352 e. The number of nitrogens with zero attached hydrogens (tertiary/aromatic N) is 3. The fourth-order valence-electron chi connectivity index (χ4n) is 3.14. The van der Waals surface area contributed by atoms with Gasteiger partial charge in [0, 0.05) is 36.6 Å². The average molecular weight is 278 g/mol. The molecule has 0 saturated carbocycles. The highest BCUT2D eigenvalue weighted by Crippen LogP contribution is 2.32. The van der Waals surface area contributed by atoms with E-state index in [0.29, 0.717) is 6.04 Å². The number of nitrogens with two attached hydrogens (primary N) is 1. The first-order valence-corrected chi connectivity index (χ1v) is 7.91. The smallest absolute Gasteiger partial charge is 0.195 e. The fourth-order valence-corrected chi connectivity index (χ4v) is 3.87. The van der Waals surface area contributed by atoms with E-state index in [4.69, 9.17) is 10.7 Å². The van der Waals surface area contributed by atoms with Crippen LogP contribution in [0.15, 0.2) is 11.6 Å². The monoisotopic (exact) mass is 278 g/mol. The Morgan fingerprint density at radius 3 is 2.95 bits per heavy atom. The Morgan fingerprint density at radius 2 is 2.32 bits per heavy atom. The number of imidazole rings is 1. The van der Waals surface area contributed by atoms with Crippen LogP contribution in [0.1, 0.15) is 32.9 Å². The van der Waals surface area contributed by atoms with Crippen molar-refractivity contribution in [3.8, 4) is 0 Å². The number of hydrogen-bond donors (Lipinski definition) is 1. The third kappa shape index (κ3) is 2.25. The first-order chi connectivity index (χ1) is 9.06. The van der Waals surface area contributed by atoms with Gasteiger partial charge < -0.3 is 10.6 Å². The predicted octanol–water partition coefficient (Wildman–Crippen LogP) is 2.52. The van der Waals surface area contributed by atoms with E-state index in [1.54, 1.807) is 11.3 Å². The zero-order valence-electron chi connectivity index (χ0n) is 11.8. The first-order valence-electron chi connectivity index (χ1n) is 7.03. The highest BCUT2D eigenvalue weighted by Gasteiger charge is 2.30. The molecule has 1 aliphatic heterocycles. The zero-order valence-corrected chi connectivity index (χ0v) is 12.7. The summed E-state index contributed by atoms with van der Waals surface area (Å²) in [4.78, 5) is 8.39. The molecule has 104 valence electrons. The first kappa shape index (κ1) is 12.9. The van der Waals surface area contributed by atoms with Crippen LogP contribution in [-0.4, -0.2) is 28.0 Å². The zero-order chi connectivity index (χ0) is 13.6. The van der Waals surface area contributed by atoms with Gasteiger partial charge in [0.1, 0.15) is 0 Å². The summed E-state index contributed by atoms with van der Waals surface area (Å²) in [6.45, 7) is 7.79. The Bertz CT molecular complexity index is 571. The number of hydrogen-bond acceptors (Lipinski definition) is 4. The molecule has 5 heteroatoms. The van der Waals surface area contributed by atoms with Crippen molar-refractivity contribution in [2.75, 3.05) is 11.4 Å². The van der Waals surface area contributed by atoms with Crippen LogP contribution in [0, 0.1) is 5.92 Å². The van der Waals surface area contributed by atoms with Crippen LogP contribution < -0.4 is 10.6 Å². The van der Waals surface area contributed by atoms with Crippen LogP contribution in [-0.2, 0) is 6.42 Å². The van der Waals surface area contributed by atoms with Crippen molar-refractivity contribution in [3.05, 3.63) is 17.3 Å². The Labute approximate surface area is 118 Å². The van der Waals surface area contributed by atoms with Crippen molar-refractivity contribution in [1.82, 2.24) is 9.38 Å². The summed E-state index contributed by atoms with van der Waals surface area (Å²) in [5, 5.41) is 2.09. The molecule has 4 nitrogen and oxygen atoms in total. The molecule has 2 aromatic rings. The molecule has 2 N–H and O–H groups in total. The topological polar surface area (TPSA) is 46.6 Å². The molecule has 0 aliphatic carbocycles. The number of aromatic nitrogens is 2. The predicted molar refractivity (Wildman–Crippen MR) is 81.0 cm³/mol. The molecule has 3 rings (SSSR count). The number of anilines is 1. The van der Waals surface area contributed by atoms with Gasteiger partial charge in [-0.1, -0.05) is 6.92 Å². The van der Waals surface area contributed by atoms with Crippen LogP contribution in [0.2, 0.25) is 0 Å². The van der Waals surface area contributed by atoms with E-state index >= 15 is 0 Å². The van der Waals surface area contributed by atoms with E-state index in [0.717, 1.165) is 29.7 Å². The van der Waals surface area contributed by atoms with E-state index in [9.17, 15) is 0 Å². The standard InChI is InChI=1S/C14H22N4S/c1-9-6-11(3)18(8-9)13-12(7-10(2)15)17-4-5-19-14(17)16-13/h4-5,9-11H,6-8,15H2,1-3H3. The molecule has 3 atom stereocenters. The molecule has 3 heterocycles. The number of thiazole rings is 1. The third-order valence-corrected chi connectivity index (χ3v) is 4.67. The van der Waals surface area contributed by atoms with Crippen LogP contribution in [0.5, 0.6) is 0 Å². The third-order valence-electron chi connectivity index (χ3n) is 3.91. The minimum atomic E-state index is 0.161. The maximum absolute atomic E-state index is 6.02. The number of rotatable bonds is 3. The fraction of sp³-hybridized carbons (Fsp3) is 0.643. The minimum Gasteiger partial charge on any atom is -0.352 e. The van der Waals surface area contributed by atoms with Gasteiger partial charge >= 0.3 is 0 Å². The Kier molecular flexibility index (Phi) is 3.27. The van der Waals surface area contributed by atoms with Gasteiger partial charge in [0.05, 0.1) is 5.69 Å². The maximum Gasteiger partial charge on any atom is 0.195 e. The van der Waals surface area contributed by atoms with Crippen LogP contribution in [0.25, 0.3) is 4.96 Å². The van der Waals surface area contributed by atoms with E-state index < -0.39 is 0 Å². The van der Waals surface area contributed by atoms with Crippen molar-refractivity contribution in [3.63, 3.8) is 0 Å². The van der Waals surface area contributed by atoms with Gasteiger partial charge in [-0.3, -0.25) is 4.40 Å². The van der Waals surface area contributed by atoms with Gasteiger partial charge in [0.2, 0.25) is 0 Å². The molecule has 0 radical (unpaired) electrons. The Morgan fingerprint density at radius 1 is 1.53 bits per heavy atom. The molecular weight excluding hydrogens is 256 g/mol. The SMILES string of the molecule is CC(N)Cc1c(N2CC(C)CC2C)nc2sccn12. The van der Waals surface area contributed by atoms with Crippen molar-refractivity contribution in [1.29, 1.82) is 0 Å². The second-order valence-electron chi connectivity index (χ2n) is 5.96. The minimum absolute atomic E-state index is 0.161. The van der Waals surface area contributed by atoms with Crippen molar-refractivity contribution in [2.24, 2.45) is 11.7 Å². The highest BCUT2D eigenvalue weighted by molar-refractivity contribution is 7.15. The molecule has 0 bridgehead atoms. The summed E-state index contributed by atoms with van der Waals surface area (Å²) in [5.41, 5.74) is 7.29. The lowest BCUT2D eigenvalue weighted by Crippen LogP contribution is -2.29. The summed E-state index contributed by atoms with van der Waals surface area (Å²) in [5.74, 6) is 1.90. The summed E-state index contributed by atoms with van der Waals surface area (Å²) < 4.78 is 2.21. The second kappa shape index (κ2) is 4.80. The Hall–Kier alpha value is -1.07. The van der Waals surface area contributed by atoms with Gasteiger partial charge in [-0.05, 0) is 26.2 Å². The van der Waals surface area contributed by atoms with Crippen molar-refractivity contribution >= 4 is 22.1 Å². The summed E-state index contributed by atoms with van der Waals surface area (Å²) in [6.07, 6.45) is 4.24. The second-order valence-corrected chi connectivity index (χ2v) is 6.83. The summed E-state index contributed by atoms with van der Waals surface area (Å²) >= 11 is 1.69. The van der Waals surface area contributed by atoms with Crippen LogP contribution in [0.3, 0.4) is 0 Å². The van der Waals surface area contributed by atoms with E-state index in [1.165, 1.54) is 12.1 Å². The molecule has 1 saturated heterocycles. The molecule has 0 amide bonds. The molecule has 1 aliphatic rings. The molecule has 3 unspecified atom stereocenters. The van der Waals surface area contributed by atoms with Gasteiger partial charge in [0.15, 0.2) is 10.8 Å². The maximum atomic E-state index is 6.02. The lowest BCUT2D eigenvalue weighted by molar-refractivity contribution is 0.625. The van der Waals surface area contributed by atoms with Gasteiger partial charge in [-0.15, -0.1) is 11.3 Å². The lowest BCUT2D eigenvalue weighted by atomic mass is 10.1. The van der Waals surface area contributed by atoms with Gasteiger partial charge in [-0.25, -0.2) is 4.98 Å². The van der Waals surface area contributed by atoms with E-state index in [1.807, 2.05) is 0 Å². The average Bonchev–Trinajstić information content (AvgIpc) is 2.95. The molecule has 1 fully saturated rings. The van der Waals surface area contributed by atoms with Crippen LogP contribution >= 0.6 is 11.3 Å². The van der Waals surface area contributed by atoms with Crippen LogP contribution in [0.4, 0.5) is 5.82 Å². The lowest BCUT2D eigenvalue weighted by Gasteiger charge is -2.23. The normalized spacial score (nSPS) is 25.4. The van der Waals surface area contributed by atoms with E-state index in [-0.39, 0.29) is 6.04 Å². The summed E-state index contributed by atoms with van der Waals surface area (Å²) in [7, 11) is 0. The van der Waals surface area contributed by atoms with Crippen molar-refractivity contribution < 1.29 is 0 Å².